The molecular formula is C15H14Br2FN. The number of nitrogens with two attached hydrogens (primary N) is 1. The molecular weight excluding hydrogens is 373 g/mol. The summed E-state index contributed by atoms with van der Waals surface area (Å²) in [6.07, 6.45) is 0.786. The van der Waals surface area contributed by atoms with Crippen LogP contribution in [0, 0.1) is 5.82 Å². The smallest absolute Gasteiger partial charge is 0.124 e. The van der Waals surface area contributed by atoms with Gasteiger partial charge in [-0.3, -0.25) is 0 Å². The van der Waals surface area contributed by atoms with E-state index in [0.29, 0.717) is 6.54 Å². The molecule has 2 aromatic rings. The van der Waals surface area contributed by atoms with Crippen LogP contribution < -0.4 is 5.73 Å². The molecule has 0 saturated heterocycles. The van der Waals surface area contributed by atoms with Gasteiger partial charge in [0.25, 0.3) is 0 Å². The van der Waals surface area contributed by atoms with Gasteiger partial charge < -0.3 is 5.73 Å². The number of hydrogen-bond donors (Lipinski definition) is 1. The third-order valence-electron chi connectivity index (χ3n) is 3.09. The summed E-state index contributed by atoms with van der Waals surface area (Å²) in [5.74, 6) is -0.0124. The molecule has 1 atom stereocenters. The van der Waals surface area contributed by atoms with Crippen molar-refractivity contribution in [3.63, 3.8) is 0 Å². The Kier molecular flexibility index (Phi) is 5.13. The molecule has 0 aliphatic heterocycles. The number of halogens is 3. The van der Waals surface area contributed by atoms with E-state index in [2.05, 4.69) is 44.0 Å². The molecule has 0 aliphatic carbocycles. The summed E-state index contributed by atoms with van der Waals surface area (Å²) >= 11 is 6.87. The van der Waals surface area contributed by atoms with E-state index in [1.165, 1.54) is 17.7 Å². The predicted octanol–water partition coefficient (Wildman–Crippen LogP) is 4.64. The summed E-state index contributed by atoms with van der Waals surface area (Å²) in [5, 5.41) is 0. The fourth-order valence-electron chi connectivity index (χ4n) is 2.05. The minimum atomic E-state index is -0.234. The van der Waals surface area contributed by atoms with Crippen LogP contribution in [0.2, 0.25) is 0 Å². The van der Waals surface area contributed by atoms with Gasteiger partial charge in [0, 0.05) is 14.9 Å². The second kappa shape index (κ2) is 6.64. The average Bonchev–Trinajstić information content (AvgIpc) is 2.38. The van der Waals surface area contributed by atoms with Crippen molar-refractivity contribution in [1.29, 1.82) is 0 Å². The molecule has 0 fully saturated rings. The van der Waals surface area contributed by atoms with Crippen LogP contribution in [0.25, 0.3) is 0 Å². The molecule has 2 N–H and O–H groups in total. The quantitative estimate of drug-likeness (QED) is 0.813. The Bertz CT molecular complexity index is 572. The molecule has 2 rings (SSSR count). The SMILES string of the molecule is NCC(Cc1ccc(F)cc1Br)c1cccc(Br)c1. The second-order valence-corrected chi connectivity index (χ2v) is 6.20. The summed E-state index contributed by atoms with van der Waals surface area (Å²) in [5.41, 5.74) is 8.13. The Labute approximate surface area is 129 Å². The van der Waals surface area contributed by atoms with E-state index < -0.39 is 0 Å². The zero-order chi connectivity index (χ0) is 13.8. The highest BCUT2D eigenvalue weighted by Crippen LogP contribution is 2.27. The topological polar surface area (TPSA) is 26.0 Å². The molecule has 0 amide bonds. The minimum absolute atomic E-state index is 0.222. The molecule has 0 heterocycles. The molecule has 19 heavy (non-hydrogen) atoms. The first kappa shape index (κ1) is 14.7. The monoisotopic (exact) mass is 385 g/mol. The molecule has 0 radical (unpaired) electrons. The largest absolute Gasteiger partial charge is 0.330 e. The number of rotatable bonds is 4. The maximum atomic E-state index is 13.1. The van der Waals surface area contributed by atoms with Crippen molar-refractivity contribution >= 4 is 31.9 Å². The zero-order valence-corrected chi connectivity index (χ0v) is 13.4. The fourth-order valence-corrected chi connectivity index (χ4v) is 2.98. The lowest BCUT2D eigenvalue weighted by Crippen LogP contribution is -2.15. The lowest BCUT2D eigenvalue weighted by atomic mass is 9.92. The lowest BCUT2D eigenvalue weighted by Gasteiger charge is -2.16. The first-order valence-electron chi connectivity index (χ1n) is 5.99. The second-order valence-electron chi connectivity index (χ2n) is 4.43. The highest BCUT2D eigenvalue weighted by molar-refractivity contribution is 9.10. The highest BCUT2D eigenvalue weighted by Gasteiger charge is 2.13. The first-order valence-corrected chi connectivity index (χ1v) is 7.58. The molecule has 1 unspecified atom stereocenters. The summed E-state index contributed by atoms with van der Waals surface area (Å²) in [6, 6.07) is 12.9. The lowest BCUT2D eigenvalue weighted by molar-refractivity contribution is 0.623. The predicted molar refractivity (Wildman–Crippen MR) is 83.7 cm³/mol. The maximum absolute atomic E-state index is 13.1. The molecule has 0 saturated carbocycles. The molecule has 0 aromatic heterocycles. The van der Waals surface area contributed by atoms with Gasteiger partial charge in [0.05, 0.1) is 0 Å². The van der Waals surface area contributed by atoms with Gasteiger partial charge in [-0.2, -0.15) is 0 Å². The van der Waals surface area contributed by atoms with Crippen LogP contribution in [0.4, 0.5) is 4.39 Å². The Hall–Kier alpha value is -0.710. The zero-order valence-electron chi connectivity index (χ0n) is 10.2. The maximum Gasteiger partial charge on any atom is 0.124 e. The third-order valence-corrected chi connectivity index (χ3v) is 4.32. The van der Waals surface area contributed by atoms with Crippen LogP contribution in [0.5, 0.6) is 0 Å². The minimum Gasteiger partial charge on any atom is -0.330 e. The van der Waals surface area contributed by atoms with Crippen LogP contribution in [0.3, 0.4) is 0 Å². The van der Waals surface area contributed by atoms with Crippen LogP contribution in [-0.2, 0) is 6.42 Å². The molecule has 1 nitrogen and oxygen atoms in total. The van der Waals surface area contributed by atoms with E-state index >= 15 is 0 Å². The van der Waals surface area contributed by atoms with Crippen molar-refractivity contribution in [2.45, 2.75) is 12.3 Å². The van der Waals surface area contributed by atoms with E-state index in [-0.39, 0.29) is 11.7 Å². The van der Waals surface area contributed by atoms with Gasteiger partial charge >= 0.3 is 0 Å². The standard InChI is InChI=1S/C15H14Br2FN/c16-13-3-1-2-10(7-13)12(9-19)6-11-4-5-14(18)8-15(11)17/h1-5,7-8,12H,6,9,19H2. The molecule has 0 bridgehead atoms. The van der Waals surface area contributed by atoms with Gasteiger partial charge in [-0.15, -0.1) is 0 Å². The summed E-state index contributed by atoms with van der Waals surface area (Å²) in [7, 11) is 0. The Morgan fingerprint density at radius 1 is 1.11 bits per heavy atom. The van der Waals surface area contributed by atoms with Crippen LogP contribution in [0.15, 0.2) is 51.4 Å². The van der Waals surface area contributed by atoms with E-state index in [1.807, 2.05) is 12.1 Å². The van der Waals surface area contributed by atoms with Crippen molar-refractivity contribution in [3.8, 4) is 0 Å². The summed E-state index contributed by atoms with van der Waals surface area (Å²) < 4.78 is 14.9. The Morgan fingerprint density at radius 3 is 2.53 bits per heavy atom. The van der Waals surface area contributed by atoms with Crippen molar-refractivity contribution in [2.75, 3.05) is 6.54 Å². The molecule has 0 spiro atoms. The van der Waals surface area contributed by atoms with Gasteiger partial charge in [0.2, 0.25) is 0 Å². The fraction of sp³-hybridized carbons (Fsp3) is 0.200. The van der Waals surface area contributed by atoms with Crippen LogP contribution in [-0.4, -0.2) is 6.54 Å². The molecule has 100 valence electrons. The molecule has 2 aromatic carbocycles. The van der Waals surface area contributed by atoms with Gasteiger partial charge in [0.1, 0.15) is 5.82 Å². The normalized spacial score (nSPS) is 12.4. The molecule has 0 aliphatic rings. The molecule has 4 heteroatoms. The Morgan fingerprint density at radius 2 is 1.89 bits per heavy atom. The summed E-state index contributed by atoms with van der Waals surface area (Å²) in [4.78, 5) is 0. The Balaban J connectivity index is 2.24. The van der Waals surface area contributed by atoms with Crippen molar-refractivity contribution < 1.29 is 4.39 Å². The van der Waals surface area contributed by atoms with E-state index in [1.54, 1.807) is 6.07 Å². The van der Waals surface area contributed by atoms with E-state index in [4.69, 9.17) is 5.73 Å². The van der Waals surface area contributed by atoms with Gasteiger partial charge in [0.15, 0.2) is 0 Å². The highest BCUT2D eigenvalue weighted by atomic mass is 79.9. The summed E-state index contributed by atoms with van der Waals surface area (Å²) in [6.45, 7) is 0.556. The van der Waals surface area contributed by atoms with Gasteiger partial charge in [-0.05, 0) is 48.4 Å². The van der Waals surface area contributed by atoms with Crippen LogP contribution in [0.1, 0.15) is 17.0 Å². The van der Waals surface area contributed by atoms with Crippen molar-refractivity contribution in [3.05, 3.63) is 68.4 Å². The van der Waals surface area contributed by atoms with Gasteiger partial charge in [-0.1, -0.05) is 50.1 Å². The van der Waals surface area contributed by atoms with Crippen LogP contribution >= 0.6 is 31.9 Å². The van der Waals surface area contributed by atoms with Crippen molar-refractivity contribution in [2.24, 2.45) is 5.73 Å². The average molecular weight is 387 g/mol. The number of benzene rings is 2. The third kappa shape index (κ3) is 3.88. The van der Waals surface area contributed by atoms with E-state index in [9.17, 15) is 4.39 Å². The van der Waals surface area contributed by atoms with Crippen molar-refractivity contribution in [1.82, 2.24) is 0 Å². The number of hydrogen-bond acceptors (Lipinski definition) is 1. The first-order chi connectivity index (χ1) is 9.10. The van der Waals surface area contributed by atoms with Gasteiger partial charge in [-0.25, -0.2) is 4.39 Å². The van der Waals surface area contributed by atoms with E-state index in [0.717, 1.165) is 20.9 Å².